The molecule has 2 heteroatoms. The van der Waals surface area contributed by atoms with Crippen LogP contribution in [0.1, 0.15) is 22.8 Å². The predicted molar refractivity (Wildman–Crippen MR) is 66.2 cm³/mol. The van der Waals surface area contributed by atoms with Crippen LogP contribution in [0.4, 0.5) is 4.39 Å². The monoisotopic (exact) mass is 230 g/mol. The van der Waals surface area contributed by atoms with Gasteiger partial charge in [-0.15, -0.1) is 0 Å². The third-order valence-corrected chi connectivity index (χ3v) is 2.86. The lowest BCUT2D eigenvalue weighted by molar-refractivity contribution is 0.177. The molecule has 0 aliphatic carbocycles. The van der Waals surface area contributed by atoms with Crippen molar-refractivity contribution in [1.82, 2.24) is 0 Å². The average molecular weight is 230 g/mol. The van der Waals surface area contributed by atoms with E-state index in [1.807, 2.05) is 37.3 Å². The molecule has 1 N–H and O–H groups in total. The summed E-state index contributed by atoms with van der Waals surface area (Å²) < 4.78 is 13.0. The summed E-state index contributed by atoms with van der Waals surface area (Å²) in [7, 11) is 0. The summed E-state index contributed by atoms with van der Waals surface area (Å²) in [4.78, 5) is 0. The average Bonchev–Trinajstić information content (AvgIpc) is 2.30. The third kappa shape index (κ3) is 2.92. The number of benzene rings is 2. The molecule has 0 saturated heterocycles. The van der Waals surface area contributed by atoms with Crippen molar-refractivity contribution in [2.24, 2.45) is 0 Å². The third-order valence-electron chi connectivity index (χ3n) is 2.86. The molecule has 2 rings (SSSR count). The van der Waals surface area contributed by atoms with Crippen molar-refractivity contribution < 1.29 is 9.50 Å². The van der Waals surface area contributed by atoms with Gasteiger partial charge in [-0.1, -0.05) is 36.4 Å². The Hall–Kier alpha value is -1.67. The summed E-state index contributed by atoms with van der Waals surface area (Å²) >= 11 is 0. The molecule has 17 heavy (non-hydrogen) atoms. The topological polar surface area (TPSA) is 20.2 Å². The van der Waals surface area contributed by atoms with E-state index in [4.69, 9.17) is 0 Å². The van der Waals surface area contributed by atoms with E-state index in [1.165, 1.54) is 12.1 Å². The van der Waals surface area contributed by atoms with Gasteiger partial charge in [-0.25, -0.2) is 4.39 Å². The number of hydrogen-bond donors (Lipinski definition) is 1. The normalized spacial score (nSPS) is 12.4. The summed E-state index contributed by atoms with van der Waals surface area (Å²) in [6, 6.07) is 14.3. The summed E-state index contributed by atoms with van der Waals surface area (Å²) in [5.74, 6) is -0.266. The Kier molecular flexibility index (Phi) is 3.55. The van der Waals surface area contributed by atoms with Crippen molar-refractivity contribution in [2.45, 2.75) is 19.4 Å². The maximum absolute atomic E-state index is 13.0. The van der Waals surface area contributed by atoms with Crippen LogP contribution < -0.4 is 0 Å². The Morgan fingerprint density at radius 3 is 2.47 bits per heavy atom. The maximum atomic E-state index is 13.0. The van der Waals surface area contributed by atoms with Gasteiger partial charge in [0.25, 0.3) is 0 Å². The molecule has 0 aromatic heterocycles. The molecule has 0 heterocycles. The highest BCUT2D eigenvalue weighted by atomic mass is 19.1. The molecule has 0 saturated carbocycles. The Labute approximate surface area is 101 Å². The molecule has 1 atom stereocenters. The molecule has 0 radical (unpaired) electrons. The largest absolute Gasteiger partial charge is 0.388 e. The first-order valence-corrected chi connectivity index (χ1v) is 5.65. The van der Waals surface area contributed by atoms with Crippen LogP contribution in [0, 0.1) is 12.7 Å². The molecular weight excluding hydrogens is 215 g/mol. The minimum Gasteiger partial charge on any atom is -0.388 e. The fourth-order valence-corrected chi connectivity index (χ4v) is 1.96. The molecule has 2 aromatic carbocycles. The zero-order valence-corrected chi connectivity index (χ0v) is 9.73. The predicted octanol–water partition coefficient (Wildman–Crippen LogP) is 3.41. The number of aliphatic hydroxyl groups is 1. The number of aryl methyl sites for hydroxylation is 1. The lowest BCUT2D eigenvalue weighted by atomic mass is 9.98. The molecule has 0 amide bonds. The second-order valence-corrected chi connectivity index (χ2v) is 4.21. The van der Waals surface area contributed by atoms with Crippen molar-refractivity contribution in [3.63, 3.8) is 0 Å². The molecule has 2 aromatic rings. The van der Waals surface area contributed by atoms with Gasteiger partial charge in [0.2, 0.25) is 0 Å². The van der Waals surface area contributed by atoms with Crippen molar-refractivity contribution >= 4 is 0 Å². The highest BCUT2D eigenvalue weighted by molar-refractivity contribution is 5.30. The lowest BCUT2D eigenvalue weighted by Gasteiger charge is -2.13. The van der Waals surface area contributed by atoms with E-state index in [1.54, 1.807) is 6.07 Å². The smallest absolute Gasteiger partial charge is 0.123 e. The molecule has 88 valence electrons. The second-order valence-electron chi connectivity index (χ2n) is 4.21. The summed E-state index contributed by atoms with van der Waals surface area (Å²) in [5.41, 5.74) is 2.65. The van der Waals surface area contributed by atoms with Crippen LogP contribution in [-0.2, 0) is 6.42 Å². The van der Waals surface area contributed by atoms with Crippen LogP contribution in [0.15, 0.2) is 48.5 Å². The Morgan fingerprint density at radius 1 is 1.12 bits per heavy atom. The molecule has 0 bridgehead atoms. The van der Waals surface area contributed by atoms with Crippen LogP contribution in [0.2, 0.25) is 0 Å². The zero-order chi connectivity index (χ0) is 12.3. The van der Waals surface area contributed by atoms with Gasteiger partial charge in [-0.05, 0) is 35.7 Å². The van der Waals surface area contributed by atoms with Crippen LogP contribution in [0.25, 0.3) is 0 Å². The SMILES string of the molecule is Cc1cc(F)ccc1C(O)Cc1ccccc1. The number of hydrogen-bond acceptors (Lipinski definition) is 1. The van der Waals surface area contributed by atoms with E-state index in [2.05, 4.69) is 0 Å². The van der Waals surface area contributed by atoms with Crippen LogP contribution in [-0.4, -0.2) is 5.11 Å². The van der Waals surface area contributed by atoms with Gasteiger partial charge in [0.05, 0.1) is 6.10 Å². The molecule has 0 fully saturated rings. The first kappa shape index (κ1) is 11.8. The first-order chi connectivity index (χ1) is 8.16. The summed E-state index contributed by atoms with van der Waals surface area (Å²) in [5, 5.41) is 10.1. The molecular formula is C15H15FO. The van der Waals surface area contributed by atoms with Gasteiger partial charge in [0.1, 0.15) is 5.82 Å². The van der Waals surface area contributed by atoms with E-state index in [0.29, 0.717) is 6.42 Å². The van der Waals surface area contributed by atoms with Crippen LogP contribution >= 0.6 is 0 Å². The fraction of sp³-hybridized carbons (Fsp3) is 0.200. The van der Waals surface area contributed by atoms with E-state index < -0.39 is 6.10 Å². The first-order valence-electron chi connectivity index (χ1n) is 5.65. The van der Waals surface area contributed by atoms with Crippen molar-refractivity contribution in [3.05, 3.63) is 71.0 Å². The quantitative estimate of drug-likeness (QED) is 0.856. The Morgan fingerprint density at radius 2 is 1.82 bits per heavy atom. The minimum atomic E-state index is -0.585. The van der Waals surface area contributed by atoms with Gasteiger partial charge >= 0.3 is 0 Å². The molecule has 0 aliphatic heterocycles. The van der Waals surface area contributed by atoms with E-state index in [-0.39, 0.29) is 5.82 Å². The summed E-state index contributed by atoms with van der Waals surface area (Å²) in [6.07, 6.45) is -0.0363. The van der Waals surface area contributed by atoms with E-state index in [0.717, 1.165) is 16.7 Å². The molecule has 0 aliphatic rings. The van der Waals surface area contributed by atoms with E-state index in [9.17, 15) is 9.50 Å². The van der Waals surface area contributed by atoms with Crippen molar-refractivity contribution in [3.8, 4) is 0 Å². The van der Waals surface area contributed by atoms with Gasteiger partial charge in [-0.3, -0.25) is 0 Å². The van der Waals surface area contributed by atoms with Gasteiger partial charge < -0.3 is 5.11 Å². The van der Waals surface area contributed by atoms with Crippen molar-refractivity contribution in [2.75, 3.05) is 0 Å². The highest BCUT2D eigenvalue weighted by Crippen LogP contribution is 2.22. The van der Waals surface area contributed by atoms with Gasteiger partial charge in [0.15, 0.2) is 0 Å². The minimum absolute atomic E-state index is 0.266. The number of aliphatic hydroxyl groups excluding tert-OH is 1. The summed E-state index contributed by atoms with van der Waals surface area (Å²) in [6.45, 7) is 1.81. The lowest BCUT2D eigenvalue weighted by Crippen LogP contribution is -2.04. The molecule has 1 unspecified atom stereocenters. The maximum Gasteiger partial charge on any atom is 0.123 e. The molecule has 0 spiro atoms. The zero-order valence-electron chi connectivity index (χ0n) is 9.73. The van der Waals surface area contributed by atoms with Crippen molar-refractivity contribution in [1.29, 1.82) is 0 Å². The highest BCUT2D eigenvalue weighted by Gasteiger charge is 2.11. The van der Waals surface area contributed by atoms with Gasteiger partial charge in [0, 0.05) is 6.42 Å². The van der Waals surface area contributed by atoms with E-state index >= 15 is 0 Å². The van der Waals surface area contributed by atoms with Gasteiger partial charge in [-0.2, -0.15) is 0 Å². The number of rotatable bonds is 3. The fourth-order valence-electron chi connectivity index (χ4n) is 1.96. The second kappa shape index (κ2) is 5.11. The van der Waals surface area contributed by atoms with Crippen LogP contribution in [0.3, 0.4) is 0 Å². The Bertz CT molecular complexity index is 494. The van der Waals surface area contributed by atoms with Crippen LogP contribution in [0.5, 0.6) is 0 Å². The molecule has 1 nitrogen and oxygen atoms in total. The Balaban J connectivity index is 2.17. The number of halogens is 1. The standard InChI is InChI=1S/C15H15FO/c1-11-9-13(16)7-8-14(11)15(17)10-12-5-3-2-4-6-12/h2-9,15,17H,10H2,1H3.